The van der Waals surface area contributed by atoms with Crippen molar-refractivity contribution in [1.29, 1.82) is 0 Å². The van der Waals surface area contributed by atoms with Gasteiger partial charge in [-0.25, -0.2) is 0 Å². The number of nitrogens with zero attached hydrogens (tertiary/aromatic N) is 1. The maximum atomic E-state index is 14.3. The number of carbonyl (C=O) groups excluding carboxylic acids is 2. The van der Waals surface area contributed by atoms with Gasteiger partial charge in [-0.05, 0) is 54.3 Å². The maximum absolute atomic E-state index is 14.3. The fourth-order valence-corrected chi connectivity index (χ4v) is 5.76. The molecule has 0 radical (unpaired) electrons. The Balaban J connectivity index is 1.62. The first-order valence-corrected chi connectivity index (χ1v) is 14.1. The Bertz CT molecular complexity index is 1470. The topological polar surface area (TPSA) is 92.9 Å². The highest BCUT2D eigenvalue weighted by Gasteiger charge is 2.35. The molecule has 1 saturated carbocycles. The van der Waals surface area contributed by atoms with Crippen LogP contribution in [0.15, 0.2) is 72.9 Å². The number of aromatic amines is 1. The van der Waals surface area contributed by atoms with E-state index >= 15 is 0 Å². The SMILES string of the molecule is COc1cc(C(C(=O)NC2CCCCC2)N(C(=O)Cc2c[nH]c3ccccc23)c2ccccc2)cc(OC)c1OC. The van der Waals surface area contributed by atoms with Crippen molar-refractivity contribution < 1.29 is 23.8 Å². The maximum Gasteiger partial charge on any atom is 0.248 e. The van der Waals surface area contributed by atoms with Crippen molar-refractivity contribution in [2.24, 2.45) is 0 Å². The van der Waals surface area contributed by atoms with Crippen molar-refractivity contribution in [2.75, 3.05) is 26.2 Å². The van der Waals surface area contributed by atoms with Crippen molar-refractivity contribution in [3.63, 3.8) is 0 Å². The molecular formula is C33H37N3O5. The minimum absolute atomic E-state index is 0.0575. The largest absolute Gasteiger partial charge is 0.493 e. The summed E-state index contributed by atoms with van der Waals surface area (Å²) in [6.45, 7) is 0. The molecule has 3 aromatic carbocycles. The molecule has 1 aliphatic rings. The first kappa shape index (κ1) is 28.1. The number of ether oxygens (including phenoxy) is 3. The van der Waals surface area contributed by atoms with Crippen LogP contribution in [0.25, 0.3) is 10.9 Å². The van der Waals surface area contributed by atoms with Gasteiger partial charge in [0.1, 0.15) is 6.04 Å². The molecule has 1 aliphatic carbocycles. The quantitative estimate of drug-likeness (QED) is 0.252. The zero-order chi connectivity index (χ0) is 28.8. The van der Waals surface area contributed by atoms with E-state index in [1.807, 2.05) is 60.8 Å². The van der Waals surface area contributed by atoms with E-state index in [9.17, 15) is 9.59 Å². The van der Waals surface area contributed by atoms with Gasteiger partial charge in [0.2, 0.25) is 17.6 Å². The highest BCUT2D eigenvalue weighted by atomic mass is 16.5. The van der Waals surface area contributed by atoms with E-state index in [0.29, 0.717) is 28.5 Å². The molecule has 1 unspecified atom stereocenters. The number of anilines is 1. The van der Waals surface area contributed by atoms with E-state index in [1.54, 1.807) is 17.0 Å². The zero-order valence-corrected chi connectivity index (χ0v) is 23.8. The molecule has 5 rings (SSSR count). The average Bonchev–Trinajstić information content (AvgIpc) is 3.42. The number of para-hydroxylation sites is 2. The van der Waals surface area contributed by atoms with E-state index in [1.165, 1.54) is 27.8 Å². The van der Waals surface area contributed by atoms with E-state index in [0.717, 1.165) is 42.1 Å². The number of fused-ring (bicyclic) bond motifs is 1. The molecule has 8 heteroatoms. The van der Waals surface area contributed by atoms with Crippen LogP contribution in [0.3, 0.4) is 0 Å². The van der Waals surface area contributed by atoms with Crippen LogP contribution in [0.1, 0.15) is 49.3 Å². The molecule has 4 aromatic rings. The summed E-state index contributed by atoms with van der Waals surface area (Å²) in [5, 5.41) is 4.24. The number of carbonyl (C=O) groups is 2. The summed E-state index contributed by atoms with van der Waals surface area (Å²) in [5.41, 5.74) is 3.00. The normalized spacial score (nSPS) is 14.3. The van der Waals surface area contributed by atoms with Crippen LogP contribution in [0.2, 0.25) is 0 Å². The molecule has 214 valence electrons. The lowest BCUT2D eigenvalue weighted by molar-refractivity contribution is -0.127. The van der Waals surface area contributed by atoms with Crippen LogP contribution in [0, 0.1) is 0 Å². The van der Waals surface area contributed by atoms with Gasteiger partial charge in [-0.15, -0.1) is 0 Å². The second-order valence-corrected chi connectivity index (χ2v) is 10.3. The second kappa shape index (κ2) is 12.8. The molecule has 0 bridgehead atoms. The van der Waals surface area contributed by atoms with Gasteiger partial charge in [0.05, 0.1) is 27.8 Å². The highest BCUT2D eigenvalue weighted by Crippen LogP contribution is 2.42. The van der Waals surface area contributed by atoms with Crippen LogP contribution < -0.4 is 24.4 Å². The summed E-state index contributed by atoms with van der Waals surface area (Å²) in [4.78, 5) is 33.5. The number of H-pyrrole nitrogens is 1. The molecular weight excluding hydrogens is 518 g/mol. The molecule has 1 aromatic heterocycles. The highest BCUT2D eigenvalue weighted by molar-refractivity contribution is 6.03. The Labute approximate surface area is 240 Å². The van der Waals surface area contributed by atoms with E-state index in [-0.39, 0.29) is 24.3 Å². The van der Waals surface area contributed by atoms with Crippen molar-refractivity contribution >= 4 is 28.4 Å². The van der Waals surface area contributed by atoms with Gasteiger partial charge in [-0.1, -0.05) is 55.7 Å². The van der Waals surface area contributed by atoms with E-state index in [2.05, 4.69) is 10.3 Å². The van der Waals surface area contributed by atoms with Crippen molar-refractivity contribution in [1.82, 2.24) is 10.3 Å². The molecule has 0 spiro atoms. The first-order chi connectivity index (χ1) is 20.0. The molecule has 0 aliphatic heterocycles. The monoisotopic (exact) mass is 555 g/mol. The minimum Gasteiger partial charge on any atom is -0.493 e. The van der Waals surface area contributed by atoms with Crippen LogP contribution >= 0.6 is 0 Å². The Kier molecular flexibility index (Phi) is 8.77. The molecule has 1 heterocycles. The number of benzene rings is 3. The summed E-state index contributed by atoms with van der Waals surface area (Å²) in [6, 6.07) is 19.8. The van der Waals surface area contributed by atoms with Crippen molar-refractivity contribution in [3.8, 4) is 17.2 Å². The molecule has 41 heavy (non-hydrogen) atoms. The standard InChI is InChI=1S/C33H37N3O5/c1-39-28-18-22(19-29(40-2)32(28)41-3)31(33(38)35-24-12-6-4-7-13-24)36(25-14-8-5-9-15-25)30(37)20-23-21-34-27-17-11-10-16-26(23)27/h5,8-11,14-19,21,24,31,34H,4,6-7,12-13,20H2,1-3H3,(H,35,38). The molecule has 8 nitrogen and oxygen atoms in total. The zero-order valence-electron chi connectivity index (χ0n) is 23.8. The number of amides is 2. The number of methoxy groups -OCH3 is 3. The number of aromatic nitrogens is 1. The van der Waals surface area contributed by atoms with Gasteiger partial charge in [0.25, 0.3) is 0 Å². The summed E-state index contributed by atoms with van der Waals surface area (Å²) in [6.07, 6.45) is 7.12. The number of hydrogen-bond acceptors (Lipinski definition) is 5. The summed E-state index contributed by atoms with van der Waals surface area (Å²) < 4.78 is 16.8. The van der Waals surface area contributed by atoms with Gasteiger partial charge in [-0.2, -0.15) is 0 Å². The fraction of sp³-hybridized carbons (Fsp3) is 0.333. The lowest BCUT2D eigenvalue weighted by Crippen LogP contribution is -2.47. The van der Waals surface area contributed by atoms with Gasteiger partial charge in [0, 0.05) is 28.8 Å². The molecule has 0 saturated heterocycles. The Morgan fingerprint density at radius 3 is 2.22 bits per heavy atom. The Morgan fingerprint density at radius 2 is 1.56 bits per heavy atom. The lowest BCUT2D eigenvalue weighted by atomic mass is 9.94. The summed E-state index contributed by atoms with van der Waals surface area (Å²) in [5.74, 6) is 0.784. The Hall–Kier alpha value is -4.46. The van der Waals surface area contributed by atoms with Crippen molar-refractivity contribution in [2.45, 2.75) is 50.6 Å². The predicted molar refractivity (Wildman–Crippen MR) is 160 cm³/mol. The third-order valence-corrected chi connectivity index (χ3v) is 7.78. The minimum atomic E-state index is -0.981. The summed E-state index contributed by atoms with van der Waals surface area (Å²) in [7, 11) is 4.61. The third kappa shape index (κ3) is 6.01. The van der Waals surface area contributed by atoms with Gasteiger partial charge in [-0.3, -0.25) is 14.5 Å². The third-order valence-electron chi connectivity index (χ3n) is 7.78. The summed E-state index contributed by atoms with van der Waals surface area (Å²) >= 11 is 0. The van der Waals surface area contributed by atoms with E-state index < -0.39 is 6.04 Å². The van der Waals surface area contributed by atoms with Gasteiger partial charge < -0.3 is 24.5 Å². The average molecular weight is 556 g/mol. The van der Waals surface area contributed by atoms with Crippen LogP contribution in [-0.4, -0.2) is 44.2 Å². The smallest absolute Gasteiger partial charge is 0.248 e. The molecule has 1 atom stereocenters. The Morgan fingerprint density at radius 1 is 0.902 bits per heavy atom. The number of rotatable bonds is 10. The van der Waals surface area contributed by atoms with Crippen molar-refractivity contribution in [3.05, 3.63) is 84.1 Å². The number of hydrogen-bond donors (Lipinski definition) is 2. The molecule has 1 fully saturated rings. The fourth-order valence-electron chi connectivity index (χ4n) is 5.76. The number of nitrogens with one attached hydrogen (secondary N) is 2. The van der Waals surface area contributed by atoms with Gasteiger partial charge in [0.15, 0.2) is 11.5 Å². The second-order valence-electron chi connectivity index (χ2n) is 10.3. The predicted octanol–water partition coefficient (Wildman–Crippen LogP) is 5.96. The molecule has 2 N–H and O–H groups in total. The lowest BCUT2D eigenvalue weighted by Gasteiger charge is -2.34. The van der Waals surface area contributed by atoms with Crippen LogP contribution in [0.4, 0.5) is 5.69 Å². The van der Waals surface area contributed by atoms with E-state index in [4.69, 9.17) is 14.2 Å². The molecule has 2 amide bonds. The van der Waals surface area contributed by atoms with Gasteiger partial charge >= 0.3 is 0 Å². The first-order valence-electron chi connectivity index (χ1n) is 14.1. The van der Waals surface area contributed by atoms with Crippen LogP contribution in [-0.2, 0) is 16.0 Å². The van der Waals surface area contributed by atoms with Crippen LogP contribution in [0.5, 0.6) is 17.2 Å².